The Morgan fingerprint density at radius 1 is 1.29 bits per heavy atom. The van der Waals surface area contributed by atoms with Crippen molar-refractivity contribution >= 4 is 15.9 Å². The van der Waals surface area contributed by atoms with E-state index < -0.39 is 0 Å². The van der Waals surface area contributed by atoms with Gasteiger partial charge in [-0.1, -0.05) is 15.9 Å². The van der Waals surface area contributed by atoms with Crippen LogP contribution in [0.3, 0.4) is 0 Å². The zero-order valence-electron chi connectivity index (χ0n) is 10.6. The first-order valence-electron chi connectivity index (χ1n) is 6.57. The highest BCUT2D eigenvalue weighted by Crippen LogP contribution is 2.50. The van der Waals surface area contributed by atoms with Gasteiger partial charge in [0.05, 0.1) is 19.3 Å². The van der Waals surface area contributed by atoms with Gasteiger partial charge in [0, 0.05) is 31.1 Å². The van der Waals surface area contributed by atoms with E-state index in [1.54, 1.807) is 7.11 Å². The predicted octanol–water partition coefficient (Wildman–Crippen LogP) is 2.62. The summed E-state index contributed by atoms with van der Waals surface area (Å²) >= 11 is 3.69. The normalized spacial score (nSPS) is 33.2. The molecule has 0 amide bonds. The fraction of sp³-hybridized carbons (Fsp3) is 1.00. The highest BCUT2D eigenvalue weighted by molar-refractivity contribution is 9.09. The first-order chi connectivity index (χ1) is 8.32. The van der Waals surface area contributed by atoms with Crippen molar-refractivity contribution in [2.45, 2.75) is 31.8 Å². The summed E-state index contributed by atoms with van der Waals surface area (Å²) in [5.74, 6) is 0.814. The minimum Gasteiger partial charge on any atom is -0.382 e. The van der Waals surface area contributed by atoms with Crippen molar-refractivity contribution in [2.75, 3.05) is 38.9 Å². The third-order valence-corrected chi connectivity index (χ3v) is 5.11. The number of hydrogen-bond acceptors (Lipinski definition) is 3. The van der Waals surface area contributed by atoms with E-state index in [9.17, 15) is 0 Å². The monoisotopic (exact) mass is 306 g/mol. The van der Waals surface area contributed by atoms with Crippen LogP contribution in [0, 0.1) is 11.3 Å². The van der Waals surface area contributed by atoms with Crippen molar-refractivity contribution < 1.29 is 14.2 Å². The van der Waals surface area contributed by atoms with Crippen molar-refractivity contribution in [1.29, 1.82) is 0 Å². The molecule has 4 heteroatoms. The molecule has 1 saturated heterocycles. The summed E-state index contributed by atoms with van der Waals surface area (Å²) in [5, 5.41) is 1.04. The summed E-state index contributed by atoms with van der Waals surface area (Å²) < 4.78 is 16.5. The molecule has 2 atom stereocenters. The van der Waals surface area contributed by atoms with Crippen LogP contribution in [0.5, 0.6) is 0 Å². The zero-order valence-corrected chi connectivity index (χ0v) is 12.2. The van der Waals surface area contributed by atoms with Crippen LogP contribution in [0.25, 0.3) is 0 Å². The van der Waals surface area contributed by atoms with Gasteiger partial charge in [-0.2, -0.15) is 0 Å². The van der Waals surface area contributed by atoms with Crippen molar-refractivity contribution in [3.05, 3.63) is 0 Å². The van der Waals surface area contributed by atoms with E-state index in [4.69, 9.17) is 14.2 Å². The Morgan fingerprint density at radius 2 is 2.12 bits per heavy atom. The van der Waals surface area contributed by atoms with Crippen molar-refractivity contribution in [3.63, 3.8) is 0 Å². The lowest BCUT2D eigenvalue weighted by atomic mass is 9.78. The summed E-state index contributed by atoms with van der Waals surface area (Å²) in [5.41, 5.74) is 0.314. The van der Waals surface area contributed by atoms with Crippen LogP contribution in [0.15, 0.2) is 0 Å². The third kappa shape index (κ3) is 3.43. The topological polar surface area (TPSA) is 27.7 Å². The van der Waals surface area contributed by atoms with Gasteiger partial charge >= 0.3 is 0 Å². The molecule has 2 rings (SSSR count). The van der Waals surface area contributed by atoms with Gasteiger partial charge in [-0.25, -0.2) is 0 Å². The number of methoxy groups -OCH3 is 1. The largest absolute Gasteiger partial charge is 0.382 e. The summed E-state index contributed by atoms with van der Waals surface area (Å²) in [6.07, 6.45) is 5.44. The van der Waals surface area contributed by atoms with Gasteiger partial charge in [0.1, 0.15) is 0 Å². The molecule has 2 fully saturated rings. The van der Waals surface area contributed by atoms with E-state index in [2.05, 4.69) is 15.9 Å². The highest BCUT2D eigenvalue weighted by atomic mass is 79.9. The number of rotatable bonds is 8. The number of hydrogen-bond donors (Lipinski definition) is 0. The molecular weight excluding hydrogens is 284 g/mol. The lowest BCUT2D eigenvalue weighted by Crippen LogP contribution is -2.35. The van der Waals surface area contributed by atoms with Gasteiger partial charge in [0.25, 0.3) is 0 Å². The summed E-state index contributed by atoms with van der Waals surface area (Å²) in [7, 11) is 1.71. The smallest absolute Gasteiger partial charge is 0.0700 e. The first-order valence-corrected chi connectivity index (χ1v) is 7.69. The Hall–Kier alpha value is 0.360. The molecule has 100 valence electrons. The third-order valence-electron chi connectivity index (χ3n) is 3.99. The zero-order chi connectivity index (χ0) is 12.1. The Morgan fingerprint density at radius 3 is 2.76 bits per heavy atom. The van der Waals surface area contributed by atoms with Crippen molar-refractivity contribution in [3.8, 4) is 0 Å². The molecule has 17 heavy (non-hydrogen) atoms. The van der Waals surface area contributed by atoms with Crippen LogP contribution in [-0.2, 0) is 14.2 Å². The van der Waals surface area contributed by atoms with Gasteiger partial charge < -0.3 is 14.2 Å². The maximum absolute atomic E-state index is 5.95. The molecular formula is C13H23BrO3. The minimum absolute atomic E-state index is 0.314. The highest BCUT2D eigenvalue weighted by Gasteiger charge is 2.49. The quantitative estimate of drug-likeness (QED) is 0.510. The molecule has 0 aromatic carbocycles. The van der Waals surface area contributed by atoms with E-state index >= 15 is 0 Å². The Labute approximate surface area is 112 Å². The standard InChI is InChI=1S/C13H23BrO3/c1-15-8-9-16-6-4-13(10-14)5-7-17-12(13)11-2-3-11/h11-12H,2-10H2,1H3. The van der Waals surface area contributed by atoms with Crippen LogP contribution in [0.2, 0.25) is 0 Å². The molecule has 0 radical (unpaired) electrons. The maximum atomic E-state index is 5.95. The summed E-state index contributed by atoms with van der Waals surface area (Å²) in [6.45, 7) is 3.13. The number of halogens is 1. The second kappa shape index (κ2) is 6.50. The van der Waals surface area contributed by atoms with Gasteiger partial charge in [-0.3, -0.25) is 0 Å². The number of ether oxygens (including phenoxy) is 3. The lowest BCUT2D eigenvalue weighted by Gasteiger charge is -2.32. The van der Waals surface area contributed by atoms with E-state index in [1.807, 2.05) is 0 Å². The van der Waals surface area contributed by atoms with Gasteiger partial charge in [0.2, 0.25) is 0 Å². The van der Waals surface area contributed by atoms with Crippen LogP contribution in [-0.4, -0.2) is 45.0 Å². The summed E-state index contributed by atoms with van der Waals surface area (Å²) in [6, 6.07) is 0. The van der Waals surface area contributed by atoms with E-state index in [0.717, 1.165) is 30.9 Å². The van der Waals surface area contributed by atoms with E-state index in [-0.39, 0.29) is 0 Å². The Balaban J connectivity index is 1.77. The molecule has 0 bridgehead atoms. The van der Waals surface area contributed by atoms with Crippen LogP contribution >= 0.6 is 15.9 Å². The SMILES string of the molecule is COCCOCCC1(CBr)CCOC1C1CC1. The average molecular weight is 307 g/mol. The second-order valence-electron chi connectivity index (χ2n) is 5.23. The Bertz CT molecular complexity index is 233. The molecule has 1 aliphatic carbocycles. The van der Waals surface area contributed by atoms with Crippen LogP contribution in [0.1, 0.15) is 25.7 Å². The molecule has 1 heterocycles. The van der Waals surface area contributed by atoms with Crippen LogP contribution < -0.4 is 0 Å². The molecule has 0 spiro atoms. The maximum Gasteiger partial charge on any atom is 0.0700 e. The Kier molecular flexibility index (Phi) is 5.27. The molecule has 3 nitrogen and oxygen atoms in total. The fourth-order valence-corrected chi connectivity index (χ4v) is 3.62. The lowest BCUT2D eigenvalue weighted by molar-refractivity contribution is 0.0119. The molecule has 1 aliphatic heterocycles. The molecule has 0 aromatic rings. The predicted molar refractivity (Wildman–Crippen MR) is 70.6 cm³/mol. The van der Waals surface area contributed by atoms with Crippen molar-refractivity contribution in [2.24, 2.45) is 11.3 Å². The molecule has 2 unspecified atom stereocenters. The summed E-state index contributed by atoms with van der Waals surface area (Å²) in [4.78, 5) is 0. The molecule has 2 aliphatic rings. The molecule has 1 saturated carbocycles. The van der Waals surface area contributed by atoms with Gasteiger partial charge in [-0.05, 0) is 31.6 Å². The van der Waals surface area contributed by atoms with Crippen LogP contribution in [0.4, 0.5) is 0 Å². The van der Waals surface area contributed by atoms with Crippen molar-refractivity contribution in [1.82, 2.24) is 0 Å². The molecule has 0 aromatic heterocycles. The minimum atomic E-state index is 0.314. The second-order valence-corrected chi connectivity index (χ2v) is 5.79. The first kappa shape index (κ1) is 13.8. The van der Waals surface area contributed by atoms with Gasteiger partial charge in [0.15, 0.2) is 0 Å². The van der Waals surface area contributed by atoms with E-state index in [1.165, 1.54) is 19.3 Å². The van der Waals surface area contributed by atoms with Gasteiger partial charge in [-0.15, -0.1) is 0 Å². The number of alkyl halides is 1. The fourth-order valence-electron chi connectivity index (χ4n) is 2.74. The molecule has 0 N–H and O–H groups in total. The van der Waals surface area contributed by atoms with E-state index in [0.29, 0.717) is 24.7 Å². The average Bonchev–Trinajstić information content (AvgIpc) is 3.10.